The van der Waals surface area contributed by atoms with E-state index in [4.69, 9.17) is 0 Å². The summed E-state index contributed by atoms with van der Waals surface area (Å²) in [4.78, 5) is 4.36. The van der Waals surface area contributed by atoms with Crippen molar-refractivity contribution in [3.8, 4) is 0 Å². The van der Waals surface area contributed by atoms with Gasteiger partial charge in [0.25, 0.3) is 0 Å². The Morgan fingerprint density at radius 1 is 1.30 bits per heavy atom. The van der Waals surface area contributed by atoms with Crippen molar-refractivity contribution in [2.75, 3.05) is 6.54 Å². The van der Waals surface area contributed by atoms with Crippen LogP contribution in [-0.4, -0.2) is 12.3 Å². The topological polar surface area (TPSA) is 12.4 Å². The molecule has 0 fully saturated rings. The van der Waals surface area contributed by atoms with Crippen LogP contribution in [0.1, 0.15) is 27.7 Å². The molecule has 0 spiro atoms. The van der Waals surface area contributed by atoms with Gasteiger partial charge in [0.15, 0.2) is 0 Å². The molecule has 0 amide bonds. The molecule has 0 unspecified atom stereocenters. The first-order valence-corrected chi connectivity index (χ1v) is 3.84. The van der Waals surface area contributed by atoms with E-state index in [9.17, 15) is 0 Å². The molecule has 0 saturated carbocycles. The van der Waals surface area contributed by atoms with E-state index in [0.29, 0.717) is 5.92 Å². The van der Waals surface area contributed by atoms with E-state index in [1.165, 1.54) is 16.9 Å². The molecule has 0 saturated heterocycles. The first kappa shape index (κ1) is 7.52. The fourth-order valence-electron chi connectivity index (χ4n) is 1.29. The molecular formula is C9H15N. The average molecular weight is 137 g/mol. The van der Waals surface area contributed by atoms with Gasteiger partial charge in [0, 0.05) is 5.71 Å². The number of rotatable bonds is 1. The molecule has 0 atom stereocenters. The number of allylic oxidation sites excluding steroid dienone is 1. The van der Waals surface area contributed by atoms with Crippen molar-refractivity contribution in [2.45, 2.75) is 27.7 Å². The number of aliphatic imine (C=N–C) groups is 1. The van der Waals surface area contributed by atoms with E-state index in [0.717, 1.165) is 6.54 Å². The maximum Gasteiger partial charge on any atom is 0.0611 e. The second kappa shape index (κ2) is 2.57. The van der Waals surface area contributed by atoms with Gasteiger partial charge in [-0.15, -0.1) is 0 Å². The summed E-state index contributed by atoms with van der Waals surface area (Å²) >= 11 is 0. The second-order valence-electron chi connectivity index (χ2n) is 3.21. The third-order valence-corrected chi connectivity index (χ3v) is 2.21. The highest BCUT2D eigenvalue weighted by Crippen LogP contribution is 2.21. The van der Waals surface area contributed by atoms with Crippen molar-refractivity contribution in [1.82, 2.24) is 0 Å². The van der Waals surface area contributed by atoms with Crippen LogP contribution >= 0.6 is 0 Å². The Morgan fingerprint density at radius 3 is 2.10 bits per heavy atom. The van der Waals surface area contributed by atoms with Crippen LogP contribution in [0.25, 0.3) is 0 Å². The third-order valence-electron chi connectivity index (χ3n) is 2.21. The minimum absolute atomic E-state index is 0.668. The molecule has 56 valence electrons. The van der Waals surface area contributed by atoms with Crippen LogP contribution in [0, 0.1) is 5.92 Å². The Hall–Kier alpha value is -0.590. The molecule has 0 N–H and O–H groups in total. The molecule has 1 aliphatic heterocycles. The van der Waals surface area contributed by atoms with Gasteiger partial charge in [-0.3, -0.25) is 4.99 Å². The quantitative estimate of drug-likeness (QED) is 0.526. The van der Waals surface area contributed by atoms with Gasteiger partial charge in [-0.1, -0.05) is 13.8 Å². The molecule has 0 radical (unpaired) electrons. The van der Waals surface area contributed by atoms with Crippen molar-refractivity contribution >= 4 is 5.71 Å². The Labute approximate surface area is 62.9 Å². The standard InChI is InChI=1S/C9H15N/c1-6(2)9-5-10-8(4)7(9)3/h6H,5H2,1-4H3. The zero-order valence-electron chi connectivity index (χ0n) is 7.23. The molecule has 1 aliphatic rings. The molecule has 1 rings (SSSR count). The highest BCUT2D eigenvalue weighted by Gasteiger charge is 2.13. The van der Waals surface area contributed by atoms with E-state index < -0.39 is 0 Å². The lowest BCUT2D eigenvalue weighted by molar-refractivity contribution is 0.748. The van der Waals surface area contributed by atoms with E-state index >= 15 is 0 Å². The summed E-state index contributed by atoms with van der Waals surface area (Å²) in [5, 5.41) is 0. The lowest BCUT2D eigenvalue weighted by atomic mass is 9.99. The predicted molar refractivity (Wildman–Crippen MR) is 45.5 cm³/mol. The molecular weight excluding hydrogens is 122 g/mol. The van der Waals surface area contributed by atoms with Gasteiger partial charge in [0.05, 0.1) is 6.54 Å². The maximum atomic E-state index is 4.36. The Balaban J connectivity index is 2.84. The van der Waals surface area contributed by atoms with E-state index in [-0.39, 0.29) is 0 Å². The first-order chi connectivity index (χ1) is 4.63. The zero-order chi connectivity index (χ0) is 7.72. The Bertz CT molecular complexity index is 197. The van der Waals surface area contributed by atoms with E-state index in [1.807, 2.05) is 0 Å². The van der Waals surface area contributed by atoms with Crippen molar-refractivity contribution in [2.24, 2.45) is 10.9 Å². The van der Waals surface area contributed by atoms with Crippen LogP contribution < -0.4 is 0 Å². The molecule has 0 aromatic rings. The van der Waals surface area contributed by atoms with Crippen molar-refractivity contribution in [3.05, 3.63) is 11.1 Å². The molecule has 1 heterocycles. The number of nitrogens with zero attached hydrogens (tertiary/aromatic N) is 1. The Kier molecular flexibility index (Phi) is 1.93. The van der Waals surface area contributed by atoms with Crippen LogP contribution in [0.15, 0.2) is 16.1 Å². The normalized spacial score (nSPS) is 18.7. The van der Waals surface area contributed by atoms with Crippen molar-refractivity contribution in [1.29, 1.82) is 0 Å². The van der Waals surface area contributed by atoms with Crippen LogP contribution in [0.5, 0.6) is 0 Å². The average Bonchev–Trinajstić information content (AvgIpc) is 2.14. The number of hydrogen-bond acceptors (Lipinski definition) is 1. The van der Waals surface area contributed by atoms with Gasteiger partial charge in [0.2, 0.25) is 0 Å². The monoisotopic (exact) mass is 137 g/mol. The summed E-state index contributed by atoms with van der Waals surface area (Å²) in [6.07, 6.45) is 0. The van der Waals surface area contributed by atoms with Gasteiger partial charge < -0.3 is 0 Å². The van der Waals surface area contributed by atoms with Gasteiger partial charge >= 0.3 is 0 Å². The zero-order valence-corrected chi connectivity index (χ0v) is 7.23. The smallest absolute Gasteiger partial charge is 0.0611 e. The molecule has 0 bridgehead atoms. The molecule has 0 aromatic heterocycles. The van der Waals surface area contributed by atoms with E-state index in [1.54, 1.807) is 0 Å². The minimum atomic E-state index is 0.668. The lowest BCUT2D eigenvalue weighted by Crippen LogP contribution is -1.98. The summed E-state index contributed by atoms with van der Waals surface area (Å²) in [6, 6.07) is 0. The van der Waals surface area contributed by atoms with Gasteiger partial charge in [0.1, 0.15) is 0 Å². The van der Waals surface area contributed by atoms with Gasteiger partial charge in [-0.05, 0) is 30.9 Å². The van der Waals surface area contributed by atoms with Crippen LogP contribution in [-0.2, 0) is 0 Å². The van der Waals surface area contributed by atoms with E-state index in [2.05, 4.69) is 32.7 Å². The lowest BCUT2D eigenvalue weighted by Gasteiger charge is -2.06. The van der Waals surface area contributed by atoms with Crippen molar-refractivity contribution < 1.29 is 0 Å². The molecule has 1 heteroatoms. The van der Waals surface area contributed by atoms with Crippen molar-refractivity contribution in [3.63, 3.8) is 0 Å². The fourth-order valence-corrected chi connectivity index (χ4v) is 1.29. The summed E-state index contributed by atoms with van der Waals surface area (Å²) in [5.74, 6) is 0.668. The summed E-state index contributed by atoms with van der Waals surface area (Å²) in [5.41, 5.74) is 4.15. The Morgan fingerprint density at radius 2 is 1.90 bits per heavy atom. The molecule has 1 nitrogen and oxygen atoms in total. The highest BCUT2D eigenvalue weighted by atomic mass is 14.8. The third kappa shape index (κ3) is 1.13. The molecule has 0 aliphatic carbocycles. The largest absolute Gasteiger partial charge is 0.285 e. The predicted octanol–water partition coefficient (Wildman–Crippen LogP) is 2.43. The fraction of sp³-hybridized carbons (Fsp3) is 0.667. The van der Waals surface area contributed by atoms with Gasteiger partial charge in [-0.2, -0.15) is 0 Å². The summed E-state index contributed by atoms with van der Waals surface area (Å²) in [6.45, 7) is 9.65. The molecule has 10 heavy (non-hydrogen) atoms. The van der Waals surface area contributed by atoms with Crippen LogP contribution in [0.2, 0.25) is 0 Å². The minimum Gasteiger partial charge on any atom is -0.285 e. The van der Waals surface area contributed by atoms with Crippen LogP contribution in [0.4, 0.5) is 0 Å². The second-order valence-corrected chi connectivity index (χ2v) is 3.21. The molecule has 0 aromatic carbocycles. The first-order valence-electron chi connectivity index (χ1n) is 3.84. The summed E-state index contributed by atoms with van der Waals surface area (Å²) < 4.78 is 0. The van der Waals surface area contributed by atoms with Gasteiger partial charge in [-0.25, -0.2) is 0 Å². The highest BCUT2D eigenvalue weighted by molar-refractivity contribution is 6.00. The summed E-state index contributed by atoms with van der Waals surface area (Å²) in [7, 11) is 0. The van der Waals surface area contributed by atoms with Crippen LogP contribution in [0.3, 0.4) is 0 Å². The maximum absolute atomic E-state index is 4.36. The SMILES string of the molecule is CC1=NCC(C(C)C)=C1C. The number of hydrogen-bond donors (Lipinski definition) is 0.